The van der Waals surface area contributed by atoms with Crippen molar-refractivity contribution in [3.05, 3.63) is 24.8 Å². The van der Waals surface area contributed by atoms with Gasteiger partial charge in [0.1, 0.15) is 0 Å². The average Bonchev–Trinajstić information content (AvgIpc) is 2.06. The van der Waals surface area contributed by atoms with Gasteiger partial charge in [0.2, 0.25) is 0 Å². The number of esters is 1. The highest BCUT2D eigenvalue weighted by molar-refractivity contribution is 6.41. The Morgan fingerprint density at radius 1 is 1.75 bits per heavy atom. The molecule has 0 bridgehead atoms. The van der Waals surface area contributed by atoms with E-state index in [2.05, 4.69) is 16.5 Å². The SMILES string of the molecule is C=C/C=C/C(=N\O)C(=O)OCC. The van der Waals surface area contributed by atoms with E-state index in [4.69, 9.17) is 5.21 Å². The van der Waals surface area contributed by atoms with Gasteiger partial charge in [-0.2, -0.15) is 0 Å². The summed E-state index contributed by atoms with van der Waals surface area (Å²) in [4.78, 5) is 10.9. The third-order valence-electron chi connectivity index (χ3n) is 0.982. The number of carbonyl (C=O) groups is 1. The van der Waals surface area contributed by atoms with Crippen LogP contribution in [0.4, 0.5) is 0 Å². The van der Waals surface area contributed by atoms with E-state index in [1.54, 1.807) is 6.92 Å². The Morgan fingerprint density at radius 3 is 2.83 bits per heavy atom. The molecular formula is C8H11NO3. The Morgan fingerprint density at radius 2 is 2.42 bits per heavy atom. The molecule has 0 radical (unpaired) electrons. The second-order valence-electron chi connectivity index (χ2n) is 1.80. The van der Waals surface area contributed by atoms with Gasteiger partial charge in [0.15, 0.2) is 5.71 Å². The molecule has 0 saturated carbocycles. The number of allylic oxidation sites excluding steroid dienone is 2. The van der Waals surface area contributed by atoms with Crippen LogP contribution in [0.3, 0.4) is 0 Å². The first kappa shape index (κ1) is 10.4. The molecule has 0 amide bonds. The molecule has 0 rings (SSSR count). The van der Waals surface area contributed by atoms with Crippen molar-refractivity contribution in [1.29, 1.82) is 0 Å². The molecule has 0 unspecified atom stereocenters. The maximum Gasteiger partial charge on any atom is 0.360 e. The van der Waals surface area contributed by atoms with Crippen LogP contribution < -0.4 is 0 Å². The number of ether oxygens (including phenoxy) is 1. The van der Waals surface area contributed by atoms with Crippen molar-refractivity contribution in [1.82, 2.24) is 0 Å². The molecule has 12 heavy (non-hydrogen) atoms. The molecule has 0 aliphatic carbocycles. The van der Waals surface area contributed by atoms with Crippen molar-refractivity contribution < 1.29 is 14.7 Å². The number of hydrogen-bond acceptors (Lipinski definition) is 4. The van der Waals surface area contributed by atoms with Crippen LogP contribution >= 0.6 is 0 Å². The maximum absolute atomic E-state index is 10.9. The monoisotopic (exact) mass is 169 g/mol. The van der Waals surface area contributed by atoms with Gasteiger partial charge in [-0.1, -0.05) is 23.9 Å². The lowest BCUT2D eigenvalue weighted by atomic mass is 10.3. The van der Waals surface area contributed by atoms with E-state index in [9.17, 15) is 4.79 Å². The first-order valence-corrected chi connectivity index (χ1v) is 3.44. The zero-order chi connectivity index (χ0) is 9.40. The predicted octanol–water partition coefficient (Wildman–Crippen LogP) is 1.12. The normalized spacial score (nSPS) is 11.6. The number of carbonyl (C=O) groups excluding carboxylic acids is 1. The average molecular weight is 169 g/mol. The van der Waals surface area contributed by atoms with E-state index < -0.39 is 5.97 Å². The predicted molar refractivity (Wildman–Crippen MR) is 45.2 cm³/mol. The maximum atomic E-state index is 10.9. The van der Waals surface area contributed by atoms with Crippen LogP contribution in [-0.4, -0.2) is 23.5 Å². The highest BCUT2D eigenvalue weighted by atomic mass is 16.5. The minimum atomic E-state index is -0.655. The molecule has 0 aromatic carbocycles. The van der Waals surface area contributed by atoms with Crippen molar-refractivity contribution in [2.45, 2.75) is 6.92 Å². The van der Waals surface area contributed by atoms with Crippen LogP contribution in [-0.2, 0) is 9.53 Å². The van der Waals surface area contributed by atoms with Crippen molar-refractivity contribution in [3.63, 3.8) is 0 Å². The van der Waals surface area contributed by atoms with Gasteiger partial charge in [-0.25, -0.2) is 4.79 Å². The Kier molecular flexibility index (Phi) is 5.34. The fourth-order valence-electron chi connectivity index (χ4n) is 0.506. The minimum Gasteiger partial charge on any atom is -0.461 e. The molecule has 0 aliphatic heterocycles. The van der Waals surface area contributed by atoms with E-state index >= 15 is 0 Å². The van der Waals surface area contributed by atoms with E-state index in [1.165, 1.54) is 18.2 Å². The third-order valence-corrected chi connectivity index (χ3v) is 0.982. The zero-order valence-corrected chi connectivity index (χ0v) is 6.86. The van der Waals surface area contributed by atoms with Crippen LogP contribution in [0.1, 0.15) is 6.92 Å². The fourth-order valence-corrected chi connectivity index (χ4v) is 0.506. The zero-order valence-electron chi connectivity index (χ0n) is 6.86. The third kappa shape index (κ3) is 3.55. The summed E-state index contributed by atoms with van der Waals surface area (Å²) >= 11 is 0. The van der Waals surface area contributed by atoms with Gasteiger partial charge >= 0.3 is 5.97 Å². The molecule has 4 heteroatoms. The summed E-state index contributed by atoms with van der Waals surface area (Å²) in [6, 6.07) is 0. The molecule has 1 N–H and O–H groups in total. The van der Waals surface area contributed by atoms with E-state index in [0.717, 1.165) is 0 Å². The summed E-state index contributed by atoms with van der Waals surface area (Å²) in [6.07, 6.45) is 4.25. The van der Waals surface area contributed by atoms with Crippen molar-refractivity contribution >= 4 is 11.7 Å². The Bertz CT molecular complexity index is 218. The standard InChI is InChI=1S/C8H11NO3/c1-3-5-6-7(9-11)8(10)12-4-2/h3,5-6,11H,1,4H2,2H3/b6-5+,9-7+. The highest BCUT2D eigenvalue weighted by Crippen LogP contribution is 1.87. The van der Waals surface area contributed by atoms with E-state index in [0.29, 0.717) is 0 Å². The molecule has 0 spiro atoms. The number of hydrogen-bond donors (Lipinski definition) is 1. The molecule has 0 fully saturated rings. The second kappa shape index (κ2) is 6.15. The molecule has 0 aromatic heterocycles. The summed E-state index contributed by atoms with van der Waals surface area (Å²) in [5, 5.41) is 11.1. The minimum absolute atomic E-state index is 0.142. The first-order valence-electron chi connectivity index (χ1n) is 3.44. The number of rotatable bonds is 4. The Labute approximate surface area is 70.8 Å². The largest absolute Gasteiger partial charge is 0.461 e. The molecule has 4 nitrogen and oxygen atoms in total. The lowest BCUT2D eigenvalue weighted by Gasteiger charge is -1.97. The number of nitrogens with zero attached hydrogens (tertiary/aromatic N) is 1. The van der Waals surface area contributed by atoms with Crippen molar-refractivity contribution in [3.8, 4) is 0 Å². The van der Waals surface area contributed by atoms with Crippen LogP contribution in [0.25, 0.3) is 0 Å². The Balaban J connectivity index is 4.26. The van der Waals surface area contributed by atoms with Gasteiger partial charge in [0.25, 0.3) is 0 Å². The van der Waals surface area contributed by atoms with Gasteiger partial charge in [-0.3, -0.25) is 0 Å². The van der Waals surface area contributed by atoms with Crippen LogP contribution in [0.5, 0.6) is 0 Å². The second-order valence-corrected chi connectivity index (χ2v) is 1.80. The van der Waals surface area contributed by atoms with Crippen LogP contribution in [0, 0.1) is 0 Å². The molecule has 0 aliphatic rings. The number of oxime groups is 1. The quantitative estimate of drug-likeness (QED) is 0.225. The van der Waals surface area contributed by atoms with Crippen LogP contribution in [0.2, 0.25) is 0 Å². The van der Waals surface area contributed by atoms with Crippen molar-refractivity contribution in [2.24, 2.45) is 5.16 Å². The Hall–Kier alpha value is -1.58. The van der Waals surface area contributed by atoms with Gasteiger partial charge in [0.05, 0.1) is 6.61 Å². The summed E-state index contributed by atoms with van der Waals surface area (Å²) in [7, 11) is 0. The summed E-state index contributed by atoms with van der Waals surface area (Å²) < 4.78 is 4.58. The van der Waals surface area contributed by atoms with Gasteiger partial charge < -0.3 is 9.94 Å². The van der Waals surface area contributed by atoms with Gasteiger partial charge in [-0.15, -0.1) is 0 Å². The van der Waals surface area contributed by atoms with Crippen LogP contribution in [0.15, 0.2) is 30.0 Å². The summed E-state index contributed by atoms with van der Waals surface area (Å²) in [6.45, 7) is 5.32. The van der Waals surface area contributed by atoms with Gasteiger partial charge in [-0.05, 0) is 13.0 Å². The topological polar surface area (TPSA) is 58.9 Å². The highest BCUT2D eigenvalue weighted by Gasteiger charge is 2.08. The molecule has 0 aromatic rings. The van der Waals surface area contributed by atoms with E-state index in [1.807, 2.05) is 0 Å². The van der Waals surface area contributed by atoms with Gasteiger partial charge in [0, 0.05) is 0 Å². The molecule has 0 heterocycles. The fraction of sp³-hybridized carbons (Fsp3) is 0.250. The summed E-state index contributed by atoms with van der Waals surface area (Å²) in [5.41, 5.74) is -0.142. The van der Waals surface area contributed by atoms with E-state index in [-0.39, 0.29) is 12.3 Å². The smallest absolute Gasteiger partial charge is 0.360 e. The molecule has 0 atom stereocenters. The molecule has 66 valence electrons. The lowest BCUT2D eigenvalue weighted by Crippen LogP contribution is -2.15. The summed E-state index contributed by atoms with van der Waals surface area (Å²) in [5.74, 6) is -0.655. The van der Waals surface area contributed by atoms with Crippen molar-refractivity contribution in [2.75, 3.05) is 6.61 Å². The first-order chi connectivity index (χ1) is 5.76. The molecule has 0 saturated heterocycles. The lowest BCUT2D eigenvalue weighted by molar-refractivity contribution is -0.135. The molecular weight excluding hydrogens is 158 g/mol.